The van der Waals surface area contributed by atoms with Crippen molar-refractivity contribution >= 4 is 19.0 Å². The Morgan fingerprint density at radius 3 is 2.60 bits per heavy atom. The highest BCUT2D eigenvalue weighted by Gasteiger charge is 2.19. The Bertz CT molecular complexity index is 126. The Balaban J connectivity index is 3.74. The van der Waals surface area contributed by atoms with Gasteiger partial charge in [-0.1, -0.05) is 0 Å². The molecule has 0 aromatic rings. The molecule has 0 heterocycles. The van der Waals surface area contributed by atoms with Gasteiger partial charge in [-0.15, -0.1) is 0 Å². The summed E-state index contributed by atoms with van der Waals surface area (Å²) in [5.41, 5.74) is -0.576. The van der Waals surface area contributed by atoms with Gasteiger partial charge in [-0.3, -0.25) is 0 Å². The number of thiol groups is 1. The number of amides is 1. The second-order valence-electron chi connectivity index (χ2n) is 2.59. The summed E-state index contributed by atoms with van der Waals surface area (Å²) in [5, 5.41) is 10.5. The summed E-state index contributed by atoms with van der Waals surface area (Å²) < 4.78 is 4.48. The zero-order chi connectivity index (χ0) is 8.20. The van der Waals surface area contributed by atoms with Crippen LogP contribution in [0.15, 0.2) is 0 Å². The lowest BCUT2D eigenvalue weighted by atomic mass is 10.1. The highest BCUT2D eigenvalue weighted by Crippen LogP contribution is 2.02. The minimum absolute atomic E-state index is 0.239. The number of carbonyl (C=O) groups is 1. The first-order chi connectivity index (χ1) is 4.48. The molecule has 0 saturated carbocycles. The smallest absolute Gasteiger partial charge is 0.405 e. The van der Waals surface area contributed by atoms with Crippen LogP contribution in [0.1, 0.15) is 13.8 Å². The third kappa shape index (κ3) is 4.46. The van der Waals surface area contributed by atoms with Gasteiger partial charge >= 0.3 is 6.09 Å². The van der Waals surface area contributed by atoms with Gasteiger partial charge in [0.05, 0.1) is 12.1 Å². The first-order valence-electron chi connectivity index (χ1n) is 2.75. The van der Waals surface area contributed by atoms with Crippen molar-refractivity contribution in [3.63, 3.8) is 0 Å². The maximum absolute atomic E-state index is 10.1. The lowest BCUT2D eigenvalue weighted by molar-refractivity contribution is 0.169. The van der Waals surface area contributed by atoms with Gasteiger partial charge in [0.25, 0.3) is 0 Å². The van der Waals surface area contributed by atoms with Crippen molar-refractivity contribution in [2.75, 3.05) is 6.61 Å². The summed E-state index contributed by atoms with van der Waals surface area (Å²) in [6, 6.07) is 0. The highest BCUT2D eigenvalue weighted by atomic mass is 32.1. The van der Waals surface area contributed by atoms with E-state index in [4.69, 9.17) is 5.11 Å². The minimum Gasteiger partial charge on any atom is -0.465 e. The molecule has 0 atom stereocenters. The molecule has 5 heteroatoms. The molecule has 0 radical (unpaired) electrons. The van der Waals surface area contributed by atoms with Crippen LogP contribution in [0.25, 0.3) is 0 Å². The molecule has 0 aromatic carbocycles. The fourth-order valence-corrected chi connectivity index (χ4v) is 0.810. The Kier molecular flexibility index (Phi) is 3.52. The van der Waals surface area contributed by atoms with E-state index < -0.39 is 11.6 Å². The van der Waals surface area contributed by atoms with E-state index in [1.54, 1.807) is 13.8 Å². The van der Waals surface area contributed by atoms with E-state index in [0.29, 0.717) is 0 Å². The van der Waals surface area contributed by atoms with Gasteiger partial charge in [0.2, 0.25) is 0 Å². The van der Waals surface area contributed by atoms with E-state index >= 15 is 0 Å². The van der Waals surface area contributed by atoms with E-state index in [9.17, 15) is 4.79 Å². The lowest BCUT2D eigenvalue weighted by Gasteiger charge is -2.22. The molecule has 10 heavy (non-hydrogen) atoms. The summed E-state index contributed by atoms with van der Waals surface area (Å²) in [7, 11) is 0. The van der Waals surface area contributed by atoms with Crippen molar-refractivity contribution < 1.29 is 14.1 Å². The normalized spacial score (nSPS) is 11.1. The molecule has 0 bridgehead atoms. The van der Waals surface area contributed by atoms with Crippen LogP contribution in [-0.2, 0) is 4.18 Å². The molecule has 0 spiro atoms. The van der Waals surface area contributed by atoms with Crippen molar-refractivity contribution in [1.82, 2.24) is 5.32 Å². The van der Waals surface area contributed by atoms with Gasteiger partial charge in [-0.05, 0) is 26.8 Å². The maximum Gasteiger partial charge on any atom is 0.405 e. The molecule has 0 aromatic heterocycles. The predicted octanol–water partition coefficient (Wildman–Crippen LogP) is 0.894. The molecule has 2 N–H and O–H groups in total. The SMILES string of the molecule is CC(C)(COS)NC(=O)O. The maximum atomic E-state index is 10.1. The first kappa shape index (κ1) is 9.58. The summed E-state index contributed by atoms with van der Waals surface area (Å²) in [6.45, 7) is 3.65. The molecule has 4 nitrogen and oxygen atoms in total. The molecule has 60 valence electrons. The number of hydrogen-bond donors (Lipinski definition) is 3. The van der Waals surface area contributed by atoms with Gasteiger partial charge in [0.15, 0.2) is 0 Å². The molecule has 0 aliphatic carbocycles. The zero-order valence-corrected chi connectivity index (χ0v) is 6.81. The average molecular weight is 165 g/mol. The summed E-state index contributed by atoms with van der Waals surface area (Å²) in [6.07, 6.45) is -1.06. The fraction of sp³-hybridized carbons (Fsp3) is 0.800. The van der Waals surface area contributed by atoms with Crippen LogP contribution in [0, 0.1) is 0 Å². The molecule has 1 amide bonds. The number of nitrogens with one attached hydrogen (secondary N) is 1. The summed E-state index contributed by atoms with van der Waals surface area (Å²) in [5.74, 6) is 0. The standard InChI is InChI=1S/C5H11NO3S/c1-5(2,3-9-10)6-4(7)8/h6,10H,3H2,1-2H3,(H,7,8). The Morgan fingerprint density at radius 1 is 1.80 bits per heavy atom. The number of hydrogen-bond acceptors (Lipinski definition) is 3. The van der Waals surface area contributed by atoms with E-state index in [2.05, 4.69) is 22.4 Å². The van der Waals surface area contributed by atoms with Crippen LogP contribution in [-0.4, -0.2) is 23.3 Å². The van der Waals surface area contributed by atoms with E-state index in [0.717, 1.165) is 0 Å². The van der Waals surface area contributed by atoms with Gasteiger partial charge in [0, 0.05) is 0 Å². The molecule has 0 aliphatic rings. The molecule has 0 rings (SSSR count). The van der Waals surface area contributed by atoms with Gasteiger partial charge < -0.3 is 14.6 Å². The van der Waals surface area contributed by atoms with Crippen molar-refractivity contribution in [2.24, 2.45) is 0 Å². The highest BCUT2D eigenvalue weighted by molar-refractivity contribution is 7.75. The molecule has 0 saturated heterocycles. The predicted molar refractivity (Wildman–Crippen MR) is 40.2 cm³/mol. The van der Waals surface area contributed by atoms with E-state index in [1.165, 1.54) is 0 Å². The monoisotopic (exact) mass is 165 g/mol. The average Bonchev–Trinajstić information content (AvgIpc) is 1.59. The third-order valence-corrected chi connectivity index (χ3v) is 1.000. The minimum atomic E-state index is -1.06. The molecule has 0 aliphatic heterocycles. The van der Waals surface area contributed by atoms with E-state index in [-0.39, 0.29) is 6.61 Å². The second kappa shape index (κ2) is 3.68. The second-order valence-corrected chi connectivity index (χ2v) is 2.85. The van der Waals surface area contributed by atoms with Crippen LogP contribution < -0.4 is 5.32 Å². The summed E-state index contributed by atoms with van der Waals surface area (Å²) in [4.78, 5) is 10.1. The summed E-state index contributed by atoms with van der Waals surface area (Å²) >= 11 is 3.50. The molecular weight excluding hydrogens is 154 g/mol. The Hall–Kier alpha value is -0.420. The largest absolute Gasteiger partial charge is 0.465 e. The first-order valence-corrected chi connectivity index (χ1v) is 3.12. The lowest BCUT2D eigenvalue weighted by Crippen LogP contribution is -2.45. The van der Waals surface area contributed by atoms with Crippen LogP contribution in [0.3, 0.4) is 0 Å². The zero-order valence-electron chi connectivity index (χ0n) is 5.92. The van der Waals surface area contributed by atoms with Crippen molar-refractivity contribution in [2.45, 2.75) is 19.4 Å². The Morgan fingerprint density at radius 2 is 2.30 bits per heavy atom. The quantitative estimate of drug-likeness (QED) is 0.430. The van der Waals surface area contributed by atoms with Gasteiger partial charge in [-0.25, -0.2) is 4.79 Å². The van der Waals surface area contributed by atoms with Gasteiger partial charge in [-0.2, -0.15) is 0 Å². The molecule has 0 fully saturated rings. The third-order valence-electron chi connectivity index (χ3n) is 0.871. The fourth-order valence-electron chi connectivity index (χ4n) is 0.487. The van der Waals surface area contributed by atoms with Crippen LogP contribution in [0.4, 0.5) is 4.79 Å². The van der Waals surface area contributed by atoms with Crippen molar-refractivity contribution in [3.05, 3.63) is 0 Å². The Labute approximate surface area is 65.2 Å². The molecule has 0 unspecified atom stereocenters. The molecular formula is C5H11NO3S. The van der Waals surface area contributed by atoms with Crippen LogP contribution in [0.2, 0.25) is 0 Å². The van der Waals surface area contributed by atoms with E-state index in [1.807, 2.05) is 0 Å². The van der Waals surface area contributed by atoms with Crippen LogP contribution >= 0.6 is 12.9 Å². The van der Waals surface area contributed by atoms with Gasteiger partial charge in [0.1, 0.15) is 0 Å². The van der Waals surface area contributed by atoms with Crippen molar-refractivity contribution in [1.29, 1.82) is 0 Å². The van der Waals surface area contributed by atoms with Crippen LogP contribution in [0.5, 0.6) is 0 Å². The topological polar surface area (TPSA) is 58.6 Å². The number of rotatable bonds is 3. The number of carboxylic acid groups (broad SMARTS) is 1. The van der Waals surface area contributed by atoms with Crippen molar-refractivity contribution in [3.8, 4) is 0 Å².